The van der Waals surface area contributed by atoms with Crippen molar-refractivity contribution in [2.45, 2.75) is 13.0 Å². The van der Waals surface area contributed by atoms with Crippen LogP contribution < -0.4 is 4.90 Å². The highest BCUT2D eigenvalue weighted by Crippen LogP contribution is 2.25. The van der Waals surface area contributed by atoms with Gasteiger partial charge in [-0.05, 0) is 31.8 Å². The van der Waals surface area contributed by atoms with E-state index in [0.717, 1.165) is 12.2 Å². The number of terminal acetylenes is 1. The molecule has 2 rings (SSSR count). The fourth-order valence-corrected chi connectivity index (χ4v) is 2.26. The molecule has 3 heteroatoms. The van der Waals surface area contributed by atoms with Gasteiger partial charge in [-0.15, -0.1) is 12.3 Å². The van der Waals surface area contributed by atoms with E-state index in [0.29, 0.717) is 13.0 Å². The second-order valence-electron chi connectivity index (χ2n) is 4.98. The van der Waals surface area contributed by atoms with Gasteiger partial charge < -0.3 is 9.80 Å². The van der Waals surface area contributed by atoms with Crippen LogP contribution >= 0.6 is 0 Å². The van der Waals surface area contributed by atoms with Crippen LogP contribution in [0.3, 0.4) is 0 Å². The van der Waals surface area contributed by atoms with Crippen molar-refractivity contribution in [2.24, 2.45) is 5.92 Å². The van der Waals surface area contributed by atoms with Gasteiger partial charge >= 0.3 is 0 Å². The van der Waals surface area contributed by atoms with Crippen molar-refractivity contribution in [3.63, 3.8) is 0 Å². The SMILES string of the molecule is C#CC1CC(=O)N(c2cccc(CN(C)C)c2)C1. The predicted molar refractivity (Wildman–Crippen MR) is 73.1 cm³/mol. The van der Waals surface area contributed by atoms with Crippen LogP contribution in [-0.2, 0) is 11.3 Å². The molecule has 0 spiro atoms. The highest BCUT2D eigenvalue weighted by atomic mass is 16.2. The Kier molecular flexibility index (Phi) is 3.69. The number of rotatable bonds is 3. The van der Waals surface area contributed by atoms with Crippen LogP contribution in [0, 0.1) is 18.3 Å². The lowest BCUT2D eigenvalue weighted by atomic mass is 10.1. The fourth-order valence-electron chi connectivity index (χ4n) is 2.26. The molecule has 0 N–H and O–H groups in total. The summed E-state index contributed by atoms with van der Waals surface area (Å²) in [7, 11) is 4.06. The van der Waals surface area contributed by atoms with E-state index < -0.39 is 0 Å². The van der Waals surface area contributed by atoms with Crippen LogP contribution in [-0.4, -0.2) is 31.4 Å². The lowest BCUT2D eigenvalue weighted by Gasteiger charge is -2.18. The Morgan fingerprint density at radius 2 is 2.28 bits per heavy atom. The number of amides is 1. The van der Waals surface area contributed by atoms with Gasteiger partial charge in [-0.1, -0.05) is 12.1 Å². The van der Waals surface area contributed by atoms with Gasteiger partial charge in [0.2, 0.25) is 5.91 Å². The van der Waals surface area contributed by atoms with Crippen molar-refractivity contribution < 1.29 is 4.79 Å². The van der Waals surface area contributed by atoms with Crippen LogP contribution in [0.4, 0.5) is 5.69 Å². The summed E-state index contributed by atoms with van der Waals surface area (Å²) in [6, 6.07) is 8.10. The predicted octanol–water partition coefficient (Wildman–Crippen LogP) is 1.73. The third-order valence-electron chi connectivity index (χ3n) is 3.08. The summed E-state index contributed by atoms with van der Waals surface area (Å²) >= 11 is 0. The maximum Gasteiger partial charge on any atom is 0.228 e. The van der Waals surface area contributed by atoms with Crippen LogP contribution in [0.2, 0.25) is 0 Å². The average molecular weight is 242 g/mol. The molecule has 0 saturated carbocycles. The van der Waals surface area contributed by atoms with Crippen LogP contribution in [0.5, 0.6) is 0 Å². The second-order valence-corrected chi connectivity index (χ2v) is 4.98. The molecular formula is C15H18N2O. The van der Waals surface area contributed by atoms with Gasteiger partial charge in [0.25, 0.3) is 0 Å². The number of anilines is 1. The van der Waals surface area contributed by atoms with Gasteiger partial charge in [0, 0.05) is 31.1 Å². The van der Waals surface area contributed by atoms with Gasteiger partial charge in [0.1, 0.15) is 0 Å². The Morgan fingerprint density at radius 3 is 2.89 bits per heavy atom. The molecule has 1 heterocycles. The summed E-state index contributed by atoms with van der Waals surface area (Å²) in [6.07, 6.45) is 5.86. The maximum absolute atomic E-state index is 11.9. The molecule has 1 aliphatic heterocycles. The number of hydrogen-bond donors (Lipinski definition) is 0. The summed E-state index contributed by atoms with van der Waals surface area (Å²) in [5.41, 5.74) is 2.16. The Balaban J connectivity index is 2.19. The lowest BCUT2D eigenvalue weighted by molar-refractivity contribution is -0.117. The lowest BCUT2D eigenvalue weighted by Crippen LogP contribution is -2.24. The first-order valence-corrected chi connectivity index (χ1v) is 6.10. The minimum Gasteiger partial charge on any atom is -0.311 e. The number of hydrogen-bond acceptors (Lipinski definition) is 2. The van der Waals surface area contributed by atoms with Crippen molar-refractivity contribution in [1.82, 2.24) is 4.90 Å². The zero-order valence-corrected chi connectivity index (χ0v) is 10.9. The molecule has 18 heavy (non-hydrogen) atoms. The number of nitrogens with zero attached hydrogens (tertiary/aromatic N) is 2. The molecule has 0 aromatic heterocycles. The van der Waals surface area contributed by atoms with E-state index in [1.807, 2.05) is 26.2 Å². The zero-order valence-electron chi connectivity index (χ0n) is 10.9. The number of benzene rings is 1. The molecule has 1 amide bonds. The first-order chi connectivity index (χ1) is 8.60. The van der Waals surface area contributed by atoms with Gasteiger partial charge in [-0.3, -0.25) is 4.79 Å². The Hall–Kier alpha value is -1.79. The van der Waals surface area contributed by atoms with E-state index >= 15 is 0 Å². The molecule has 1 aromatic rings. The Bertz CT molecular complexity index is 488. The largest absolute Gasteiger partial charge is 0.311 e. The topological polar surface area (TPSA) is 23.6 Å². The van der Waals surface area contributed by atoms with Gasteiger partial charge in [-0.2, -0.15) is 0 Å². The third kappa shape index (κ3) is 2.72. The molecular weight excluding hydrogens is 224 g/mol. The van der Waals surface area contributed by atoms with Gasteiger partial charge in [0.15, 0.2) is 0 Å². The summed E-state index contributed by atoms with van der Waals surface area (Å²) in [6.45, 7) is 1.51. The summed E-state index contributed by atoms with van der Waals surface area (Å²) in [4.78, 5) is 15.8. The summed E-state index contributed by atoms with van der Waals surface area (Å²) in [5, 5.41) is 0. The highest BCUT2D eigenvalue weighted by molar-refractivity contribution is 5.96. The van der Waals surface area contributed by atoms with Crippen LogP contribution in [0.1, 0.15) is 12.0 Å². The summed E-state index contributed by atoms with van der Waals surface area (Å²) < 4.78 is 0. The van der Waals surface area contributed by atoms with Crippen LogP contribution in [0.15, 0.2) is 24.3 Å². The molecule has 1 fully saturated rings. The minimum atomic E-state index is 0.0509. The third-order valence-corrected chi connectivity index (χ3v) is 3.08. The van der Waals surface area contributed by atoms with Crippen molar-refractivity contribution in [3.05, 3.63) is 29.8 Å². The standard InChI is InChI=1S/C15H18N2O/c1-4-12-9-15(18)17(11-12)14-7-5-6-13(8-14)10-16(2)3/h1,5-8,12H,9-11H2,2-3H3. The second kappa shape index (κ2) is 5.24. The average Bonchev–Trinajstić information content (AvgIpc) is 2.70. The molecule has 1 unspecified atom stereocenters. The first kappa shape index (κ1) is 12.7. The van der Waals surface area contributed by atoms with E-state index in [2.05, 4.69) is 23.0 Å². The fraction of sp³-hybridized carbons (Fsp3) is 0.400. The molecule has 1 saturated heterocycles. The first-order valence-electron chi connectivity index (χ1n) is 6.10. The minimum absolute atomic E-state index is 0.0509. The maximum atomic E-state index is 11.9. The van der Waals surface area contributed by atoms with Gasteiger partial charge in [-0.25, -0.2) is 0 Å². The molecule has 1 atom stereocenters. The van der Waals surface area contributed by atoms with E-state index in [1.165, 1.54) is 5.56 Å². The van der Waals surface area contributed by atoms with E-state index in [-0.39, 0.29) is 11.8 Å². The normalized spacial score (nSPS) is 19.3. The van der Waals surface area contributed by atoms with E-state index in [4.69, 9.17) is 6.42 Å². The molecule has 0 bridgehead atoms. The smallest absolute Gasteiger partial charge is 0.228 e. The number of carbonyl (C=O) groups excluding carboxylic acids is 1. The van der Waals surface area contributed by atoms with Crippen molar-refractivity contribution >= 4 is 11.6 Å². The van der Waals surface area contributed by atoms with Crippen molar-refractivity contribution in [2.75, 3.05) is 25.5 Å². The molecule has 0 radical (unpaired) electrons. The van der Waals surface area contributed by atoms with Gasteiger partial charge in [0.05, 0.1) is 0 Å². The van der Waals surface area contributed by atoms with Crippen LogP contribution in [0.25, 0.3) is 0 Å². The zero-order chi connectivity index (χ0) is 13.1. The highest BCUT2D eigenvalue weighted by Gasteiger charge is 2.29. The summed E-state index contributed by atoms with van der Waals surface area (Å²) in [5.74, 6) is 2.85. The van der Waals surface area contributed by atoms with E-state index in [1.54, 1.807) is 4.90 Å². The molecule has 94 valence electrons. The Morgan fingerprint density at radius 1 is 1.50 bits per heavy atom. The molecule has 3 nitrogen and oxygen atoms in total. The molecule has 1 aliphatic rings. The molecule has 0 aliphatic carbocycles. The van der Waals surface area contributed by atoms with Crippen molar-refractivity contribution in [3.8, 4) is 12.3 Å². The van der Waals surface area contributed by atoms with Crippen molar-refractivity contribution in [1.29, 1.82) is 0 Å². The Labute approximate surface area is 108 Å². The van der Waals surface area contributed by atoms with E-state index in [9.17, 15) is 4.79 Å². The number of carbonyl (C=O) groups is 1. The monoisotopic (exact) mass is 242 g/mol. The quantitative estimate of drug-likeness (QED) is 0.754. The molecule has 1 aromatic carbocycles.